The third-order valence-electron chi connectivity index (χ3n) is 3.41. The fourth-order valence-corrected chi connectivity index (χ4v) is 2.44. The van der Waals surface area contributed by atoms with Gasteiger partial charge in [-0.1, -0.05) is 5.16 Å². The van der Waals surface area contributed by atoms with Crippen LogP contribution in [0.4, 0.5) is 10.1 Å². The molecule has 1 aliphatic rings. The van der Waals surface area contributed by atoms with Crippen LogP contribution in [0, 0.1) is 5.82 Å². The highest BCUT2D eigenvalue weighted by Gasteiger charge is 2.29. The van der Waals surface area contributed by atoms with Gasteiger partial charge in [0.25, 0.3) is 0 Å². The second-order valence-electron chi connectivity index (χ2n) is 4.66. The normalized spacial score (nSPS) is 13.6. The van der Waals surface area contributed by atoms with Crippen molar-refractivity contribution in [1.29, 1.82) is 0 Å². The molecule has 0 unspecified atom stereocenters. The van der Waals surface area contributed by atoms with Crippen molar-refractivity contribution in [3.8, 4) is 5.75 Å². The Labute approximate surface area is 117 Å². The van der Waals surface area contributed by atoms with Gasteiger partial charge < -0.3 is 9.63 Å². The van der Waals surface area contributed by atoms with Gasteiger partial charge in [-0.25, -0.2) is 9.38 Å². The molecule has 0 saturated heterocycles. The van der Waals surface area contributed by atoms with E-state index in [0.717, 1.165) is 0 Å². The Hall–Kier alpha value is -3.02. The van der Waals surface area contributed by atoms with Gasteiger partial charge in [0.15, 0.2) is 0 Å². The van der Waals surface area contributed by atoms with Gasteiger partial charge in [-0.2, -0.15) is 0 Å². The Morgan fingerprint density at radius 1 is 1.19 bits per heavy atom. The predicted octanol–water partition coefficient (Wildman–Crippen LogP) is 2.99. The molecule has 0 radical (unpaired) electrons. The van der Waals surface area contributed by atoms with Crippen LogP contribution >= 0.6 is 0 Å². The summed E-state index contributed by atoms with van der Waals surface area (Å²) in [5.41, 5.74) is 1.36. The van der Waals surface area contributed by atoms with E-state index in [1.54, 1.807) is 6.07 Å². The van der Waals surface area contributed by atoms with Crippen molar-refractivity contribution >= 4 is 28.1 Å². The lowest BCUT2D eigenvalue weighted by Crippen LogP contribution is -2.11. The van der Waals surface area contributed by atoms with Crippen LogP contribution in [0.15, 0.2) is 46.1 Å². The topological polar surface area (TPSA) is 75.7 Å². The summed E-state index contributed by atoms with van der Waals surface area (Å²) in [6, 6.07) is 6.76. The largest absolute Gasteiger partial charge is 0.507 e. The van der Waals surface area contributed by atoms with Gasteiger partial charge in [0.2, 0.25) is 5.78 Å². The highest BCUT2D eigenvalue weighted by molar-refractivity contribution is 6.56. The van der Waals surface area contributed by atoms with E-state index in [-0.39, 0.29) is 28.5 Å². The second kappa shape index (κ2) is 3.99. The minimum atomic E-state index is -0.473. The number of ketones is 1. The van der Waals surface area contributed by atoms with E-state index >= 15 is 0 Å². The van der Waals surface area contributed by atoms with Crippen LogP contribution in [0.5, 0.6) is 5.75 Å². The quantitative estimate of drug-likeness (QED) is 0.744. The molecule has 3 aromatic rings. The predicted molar refractivity (Wildman–Crippen MR) is 72.6 cm³/mol. The SMILES string of the molecule is O=C1C(c2c(O)ccc3nocc23)=Nc2cc(F)ccc21. The van der Waals surface area contributed by atoms with E-state index < -0.39 is 5.82 Å². The molecule has 1 aromatic heterocycles. The minimum absolute atomic E-state index is 0.0573. The third kappa shape index (κ3) is 1.59. The van der Waals surface area contributed by atoms with Crippen molar-refractivity contribution in [2.75, 3.05) is 0 Å². The molecular formula is C15H7FN2O3. The number of carbonyl (C=O) groups is 1. The Morgan fingerprint density at radius 3 is 2.90 bits per heavy atom. The van der Waals surface area contributed by atoms with Crippen LogP contribution in [-0.4, -0.2) is 21.8 Å². The van der Waals surface area contributed by atoms with Gasteiger partial charge in [-0.3, -0.25) is 4.79 Å². The molecule has 0 fully saturated rings. The number of nitrogens with zero attached hydrogens (tertiary/aromatic N) is 2. The number of fused-ring (bicyclic) bond motifs is 2. The van der Waals surface area contributed by atoms with Crippen molar-refractivity contribution in [1.82, 2.24) is 5.16 Å². The summed E-state index contributed by atoms with van der Waals surface area (Å²) in [5, 5.41) is 14.3. The monoisotopic (exact) mass is 282 g/mol. The van der Waals surface area contributed by atoms with Crippen molar-refractivity contribution in [2.24, 2.45) is 4.99 Å². The van der Waals surface area contributed by atoms with Crippen LogP contribution in [0.25, 0.3) is 10.9 Å². The lowest BCUT2D eigenvalue weighted by Gasteiger charge is -2.03. The molecular weight excluding hydrogens is 275 g/mol. The average molecular weight is 282 g/mol. The molecule has 0 atom stereocenters. The maximum atomic E-state index is 13.2. The van der Waals surface area contributed by atoms with Crippen molar-refractivity contribution in [3.05, 3.63) is 53.5 Å². The van der Waals surface area contributed by atoms with Crippen LogP contribution in [0.1, 0.15) is 15.9 Å². The number of rotatable bonds is 1. The lowest BCUT2D eigenvalue weighted by molar-refractivity contribution is 0.107. The molecule has 0 saturated carbocycles. The standard InChI is InChI=1S/C15H7FN2O3/c16-7-1-2-8-11(5-7)17-14(15(8)20)13-9-6-21-18-10(9)3-4-12(13)19/h1-6,19H. The molecule has 0 spiro atoms. The van der Waals surface area contributed by atoms with Crippen LogP contribution in [-0.2, 0) is 0 Å². The van der Waals surface area contributed by atoms with Gasteiger partial charge in [-0.05, 0) is 24.3 Å². The number of aromatic nitrogens is 1. The first-order valence-corrected chi connectivity index (χ1v) is 6.14. The summed E-state index contributed by atoms with van der Waals surface area (Å²) in [7, 11) is 0. The Morgan fingerprint density at radius 2 is 2.05 bits per heavy atom. The Bertz CT molecular complexity index is 943. The molecule has 5 nitrogen and oxygen atoms in total. The van der Waals surface area contributed by atoms with Gasteiger partial charge in [0.1, 0.15) is 29.1 Å². The number of halogens is 1. The minimum Gasteiger partial charge on any atom is -0.507 e. The molecule has 4 rings (SSSR count). The van der Waals surface area contributed by atoms with Gasteiger partial charge >= 0.3 is 0 Å². The molecule has 1 N–H and O–H groups in total. The van der Waals surface area contributed by atoms with Gasteiger partial charge in [0, 0.05) is 6.07 Å². The first kappa shape index (κ1) is 11.8. The zero-order chi connectivity index (χ0) is 14.6. The third-order valence-corrected chi connectivity index (χ3v) is 3.41. The van der Waals surface area contributed by atoms with Gasteiger partial charge in [-0.15, -0.1) is 0 Å². The highest BCUT2D eigenvalue weighted by Crippen LogP contribution is 2.35. The number of carbonyl (C=O) groups excluding carboxylic acids is 1. The molecule has 1 aliphatic heterocycles. The van der Waals surface area contributed by atoms with Crippen molar-refractivity contribution in [3.63, 3.8) is 0 Å². The van der Waals surface area contributed by atoms with E-state index in [9.17, 15) is 14.3 Å². The molecule has 102 valence electrons. The van der Waals surface area contributed by atoms with Crippen LogP contribution in [0.2, 0.25) is 0 Å². The summed E-state index contributed by atoms with van der Waals surface area (Å²) < 4.78 is 18.1. The second-order valence-corrected chi connectivity index (χ2v) is 4.66. The maximum Gasteiger partial charge on any atom is 0.214 e. The van der Waals surface area contributed by atoms with Crippen molar-refractivity contribution in [2.45, 2.75) is 0 Å². The number of phenolic OH excluding ortho intramolecular Hbond substituents is 1. The van der Waals surface area contributed by atoms with Gasteiger partial charge in [0.05, 0.1) is 22.2 Å². The molecule has 2 aromatic carbocycles. The van der Waals surface area contributed by atoms with Crippen molar-refractivity contribution < 1.29 is 18.8 Å². The first-order valence-electron chi connectivity index (χ1n) is 6.14. The summed E-state index contributed by atoms with van der Waals surface area (Å²) in [6.07, 6.45) is 1.34. The van der Waals surface area contributed by atoms with E-state index in [2.05, 4.69) is 10.1 Å². The molecule has 0 amide bonds. The molecule has 0 aliphatic carbocycles. The fourth-order valence-electron chi connectivity index (χ4n) is 2.44. The zero-order valence-electron chi connectivity index (χ0n) is 10.5. The summed E-state index contributed by atoms with van der Waals surface area (Å²) in [6.45, 7) is 0. The zero-order valence-corrected chi connectivity index (χ0v) is 10.5. The molecule has 2 heterocycles. The Balaban J connectivity index is 1.99. The van der Waals surface area contributed by atoms with Crippen LogP contribution in [0.3, 0.4) is 0 Å². The molecule has 6 heteroatoms. The molecule has 0 bridgehead atoms. The van der Waals surface area contributed by atoms with E-state index in [1.165, 1.54) is 30.5 Å². The number of benzene rings is 2. The number of hydrogen-bond donors (Lipinski definition) is 1. The lowest BCUT2D eigenvalue weighted by atomic mass is 9.99. The first-order chi connectivity index (χ1) is 10.1. The number of aliphatic imine (C=N–C) groups is 1. The number of hydrogen-bond acceptors (Lipinski definition) is 5. The number of phenols is 1. The molecule has 21 heavy (non-hydrogen) atoms. The Kier molecular flexibility index (Phi) is 2.24. The maximum absolute atomic E-state index is 13.2. The van der Waals surface area contributed by atoms with E-state index in [0.29, 0.717) is 16.5 Å². The highest BCUT2D eigenvalue weighted by atomic mass is 19.1. The van der Waals surface area contributed by atoms with Crippen LogP contribution < -0.4 is 0 Å². The summed E-state index contributed by atoms with van der Waals surface area (Å²) >= 11 is 0. The number of Topliss-reactive ketones (excluding diaryl/α,β-unsaturated/α-hetero) is 1. The summed E-state index contributed by atoms with van der Waals surface area (Å²) in [5.74, 6) is -0.945. The summed E-state index contributed by atoms with van der Waals surface area (Å²) in [4.78, 5) is 16.6. The smallest absolute Gasteiger partial charge is 0.214 e. The van der Waals surface area contributed by atoms with E-state index in [1.807, 2.05) is 0 Å². The van der Waals surface area contributed by atoms with E-state index in [4.69, 9.17) is 4.52 Å². The fraction of sp³-hybridized carbons (Fsp3) is 0. The average Bonchev–Trinajstić information content (AvgIpc) is 3.04. The number of aromatic hydroxyl groups is 1.